The molecule has 0 bridgehead atoms. The molecule has 106 valence electrons. The van der Waals surface area contributed by atoms with Crippen LogP contribution < -0.4 is 5.73 Å². The minimum atomic E-state index is -4.58. The number of rotatable bonds is 2. The van der Waals surface area contributed by atoms with E-state index >= 15 is 0 Å². The molecule has 0 atom stereocenters. The van der Waals surface area contributed by atoms with E-state index in [2.05, 4.69) is 0 Å². The molecule has 1 aromatic carbocycles. The number of hydrogen-bond donors (Lipinski definition) is 3. The summed E-state index contributed by atoms with van der Waals surface area (Å²) in [7, 11) is 0. The topological polar surface area (TPSA) is 66.5 Å². The number of phenols is 2. The summed E-state index contributed by atoms with van der Waals surface area (Å²) in [5.41, 5.74) is 3.62. The lowest BCUT2D eigenvalue weighted by atomic mass is 9.76. The van der Waals surface area contributed by atoms with Crippen LogP contribution in [0.5, 0.6) is 11.5 Å². The molecule has 0 saturated heterocycles. The first-order chi connectivity index (χ1) is 8.82. The fourth-order valence-corrected chi connectivity index (χ4v) is 2.96. The molecule has 0 aliphatic heterocycles. The highest BCUT2D eigenvalue weighted by Gasteiger charge is 2.45. The van der Waals surface area contributed by atoms with E-state index in [9.17, 15) is 23.4 Å². The van der Waals surface area contributed by atoms with Crippen LogP contribution in [0.1, 0.15) is 36.8 Å². The first-order valence-corrected chi connectivity index (χ1v) is 6.14. The summed E-state index contributed by atoms with van der Waals surface area (Å²) < 4.78 is 39.3. The van der Waals surface area contributed by atoms with Gasteiger partial charge in [0.05, 0.1) is 5.56 Å². The normalized spacial score (nSPS) is 18.7. The Morgan fingerprint density at radius 1 is 1.16 bits per heavy atom. The quantitative estimate of drug-likeness (QED) is 0.727. The summed E-state index contributed by atoms with van der Waals surface area (Å²) in [4.78, 5) is 0. The first kappa shape index (κ1) is 14.0. The molecule has 6 heteroatoms. The maximum absolute atomic E-state index is 13.1. The van der Waals surface area contributed by atoms with Crippen molar-refractivity contribution in [2.75, 3.05) is 6.54 Å². The molecule has 0 spiro atoms. The summed E-state index contributed by atoms with van der Waals surface area (Å²) in [6.45, 7) is 0.0209. The third-order valence-electron chi connectivity index (χ3n) is 3.94. The number of phenolic OH excluding ortho intramolecular Hbond substituents is 2. The average Bonchev–Trinajstić information content (AvgIpc) is 2.80. The molecule has 19 heavy (non-hydrogen) atoms. The number of nitrogens with two attached hydrogens (primary N) is 1. The summed E-state index contributed by atoms with van der Waals surface area (Å²) in [6.07, 6.45) is -2.06. The van der Waals surface area contributed by atoms with Crippen molar-refractivity contribution >= 4 is 0 Å². The Morgan fingerprint density at radius 3 is 2.21 bits per heavy atom. The Hall–Kier alpha value is -1.43. The third kappa shape index (κ3) is 2.25. The van der Waals surface area contributed by atoms with E-state index in [0.717, 1.165) is 25.0 Å². The molecular weight excluding hydrogens is 259 g/mol. The molecule has 1 aliphatic rings. The van der Waals surface area contributed by atoms with E-state index in [-0.39, 0.29) is 12.1 Å². The second-order valence-corrected chi connectivity index (χ2v) is 5.05. The van der Waals surface area contributed by atoms with Gasteiger partial charge in [0.2, 0.25) is 0 Å². The number of hydrogen-bond acceptors (Lipinski definition) is 3. The molecule has 0 heterocycles. The van der Waals surface area contributed by atoms with Gasteiger partial charge < -0.3 is 15.9 Å². The Morgan fingerprint density at radius 2 is 1.74 bits per heavy atom. The van der Waals surface area contributed by atoms with Crippen molar-refractivity contribution < 1.29 is 23.4 Å². The van der Waals surface area contributed by atoms with Crippen LogP contribution in [0.4, 0.5) is 13.2 Å². The van der Waals surface area contributed by atoms with Crippen LogP contribution in [-0.2, 0) is 11.6 Å². The molecule has 1 aliphatic carbocycles. The van der Waals surface area contributed by atoms with Gasteiger partial charge in [0.25, 0.3) is 0 Å². The summed E-state index contributed by atoms with van der Waals surface area (Å²) >= 11 is 0. The molecule has 1 aromatic rings. The zero-order valence-corrected chi connectivity index (χ0v) is 10.3. The SMILES string of the molecule is NCC1(c2c(C(F)(F)F)ccc(O)c2O)CCCC1. The fraction of sp³-hybridized carbons (Fsp3) is 0.538. The summed E-state index contributed by atoms with van der Waals surface area (Å²) in [5, 5.41) is 19.4. The van der Waals surface area contributed by atoms with Crippen molar-refractivity contribution in [2.45, 2.75) is 37.3 Å². The average molecular weight is 275 g/mol. The zero-order chi connectivity index (χ0) is 14.3. The van der Waals surface area contributed by atoms with E-state index in [1.54, 1.807) is 0 Å². The van der Waals surface area contributed by atoms with Gasteiger partial charge in [-0.25, -0.2) is 0 Å². The van der Waals surface area contributed by atoms with Crippen LogP contribution in [0, 0.1) is 0 Å². The van der Waals surface area contributed by atoms with Crippen LogP contribution in [-0.4, -0.2) is 16.8 Å². The lowest BCUT2D eigenvalue weighted by molar-refractivity contribution is -0.139. The smallest absolute Gasteiger partial charge is 0.416 e. The molecule has 4 N–H and O–H groups in total. The van der Waals surface area contributed by atoms with E-state index in [1.165, 1.54) is 0 Å². The van der Waals surface area contributed by atoms with Gasteiger partial charge in [-0.05, 0) is 25.0 Å². The van der Waals surface area contributed by atoms with Crippen LogP contribution >= 0.6 is 0 Å². The molecule has 0 radical (unpaired) electrons. The molecule has 0 aromatic heterocycles. The molecular formula is C13H16F3NO2. The van der Waals surface area contributed by atoms with Crippen molar-refractivity contribution in [1.82, 2.24) is 0 Å². The summed E-state index contributed by atoms with van der Waals surface area (Å²) in [5.74, 6) is -1.23. The highest BCUT2D eigenvalue weighted by Crippen LogP contribution is 2.51. The number of halogens is 3. The molecule has 3 nitrogen and oxygen atoms in total. The van der Waals surface area contributed by atoms with E-state index in [0.29, 0.717) is 12.8 Å². The van der Waals surface area contributed by atoms with Gasteiger partial charge in [0.1, 0.15) is 0 Å². The maximum Gasteiger partial charge on any atom is 0.416 e. The van der Waals surface area contributed by atoms with Crippen molar-refractivity contribution in [3.63, 3.8) is 0 Å². The van der Waals surface area contributed by atoms with Crippen LogP contribution in [0.25, 0.3) is 0 Å². The summed E-state index contributed by atoms with van der Waals surface area (Å²) in [6, 6.07) is 1.67. The van der Waals surface area contributed by atoms with Crippen molar-refractivity contribution in [1.29, 1.82) is 0 Å². The number of benzene rings is 1. The van der Waals surface area contributed by atoms with Gasteiger partial charge in [0.15, 0.2) is 11.5 Å². The predicted molar refractivity (Wildman–Crippen MR) is 64.0 cm³/mol. The highest BCUT2D eigenvalue weighted by molar-refractivity contribution is 5.54. The Balaban J connectivity index is 2.69. The standard InChI is InChI=1S/C13H16F3NO2/c14-13(15,16)8-3-4-9(18)11(19)10(8)12(7-17)5-1-2-6-12/h3-4,18-19H,1-2,5-7,17H2. The number of aromatic hydroxyl groups is 2. The Labute approximate surface area is 108 Å². The maximum atomic E-state index is 13.1. The Kier molecular flexibility index (Phi) is 3.38. The van der Waals surface area contributed by atoms with Gasteiger partial charge >= 0.3 is 6.18 Å². The van der Waals surface area contributed by atoms with Gasteiger partial charge in [-0.15, -0.1) is 0 Å². The van der Waals surface area contributed by atoms with Crippen molar-refractivity contribution in [3.05, 3.63) is 23.3 Å². The van der Waals surface area contributed by atoms with Crippen LogP contribution in [0.3, 0.4) is 0 Å². The Bertz CT molecular complexity index is 480. The minimum Gasteiger partial charge on any atom is -0.504 e. The van der Waals surface area contributed by atoms with Crippen LogP contribution in [0.15, 0.2) is 12.1 Å². The van der Waals surface area contributed by atoms with Crippen molar-refractivity contribution in [3.8, 4) is 11.5 Å². The third-order valence-corrected chi connectivity index (χ3v) is 3.94. The first-order valence-electron chi connectivity index (χ1n) is 6.14. The largest absolute Gasteiger partial charge is 0.504 e. The highest BCUT2D eigenvalue weighted by atomic mass is 19.4. The fourth-order valence-electron chi connectivity index (χ4n) is 2.96. The van der Waals surface area contributed by atoms with Gasteiger partial charge in [-0.2, -0.15) is 13.2 Å². The lowest BCUT2D eigenvalue weighted by Crippen LogP contribution is -2.34. The second kappa shape index (κ2) is 4.59. The molecule has 1 fully saturated rings. The van der Waals surface area contributed by atoms with Crippen LogP contribution in [0.2, 0.25) is 0 Å². The predicted octanol–water partition coefficient (Wildman–Crippen LogP) is 2.89. The van der Waals surface area contributed by atoms with Gasteiger partial charge in [-0.3, -0.25) is 0 Å². The molecule has 1 saturated carbocycles. The van der Waals surface area contributed by atoms with Crippen molar-refractivity contribution in [2.24, 2.45) is 5.73 Å². The monoisotopic (exact) mass is 275 g/mol. The van der Waals surface area contributed by atoms with E-state index < -0.39 is 28.7 Å². The minimum absolute atomic E-state index is 0.0209. The van der Waals surface area contributed by atoms with Gasteiger partial charge in [-0.1, -0.05) is 12.8 Å². The zero-order valence-electron chi connectivity index (χ0n) is 10.3. The molecule has 0 unspecified atom stereocenters. The lowest BCUT2D eigenvalue weighted by Gasteiger charge is -2.31. The van der Waals surface area contributed by atoms with Gasteiger partial charge in [0, 0.05) is 17.5 Å². The molecule has 2 rings (SSSR count). The van der Waals surface area contributed by atoms with E-state index in [4.69, 9.17) is 5.73 Å². The van der Waals surface area contributed by atoms with E-state index in [1.807, 2.05) is 0 Å². The number of alkyl halides is 3. The molecule has 0 amide bonds. The second-order valence-electron chi connectivity index (χ2n) is 5.05.